The Bertz CT molecular complexity index is 641. The van der Waals surface area contributed by atoms with Gasteiger partial charge in [0, 0.05) is 16.6 Å². The summed E-state index contributed by atoms with van der Waals surface area (Å²) >= 11 is 13.0. The molecule has 1 saturated carbocycles. The average molecular weight is 341 g/mol. The third kappa shape index (κ3) is 3.73. The molecule has 0 atom stereocenters. The van der Waals surface area contributed by atoms with E-state index in [4.69, 9.17) is 23.8 Å². The van der Waals surface area contributed by atoms with Crippen molar-refractivity contribution in [2.45, 2.75) is 25.4 Å². The number of hydrogen-bond acceptors (Lipinski definition) is 2. The molecule has 1 aliphatic rings. The highest BCUT2D eigenvalue weighted by molar-refractivity contribution is 7.80. The van der Waals surface area contributed by atoms with Crippen molar-refractivity contribution < 1.29 is 4.39 Å². The predicted molar refractivity (Wildman–Crippen MR) is 90.5 cm³/mol. The highest BCUT2D eigenvalue weighted by Crippen LogP contribution is 2.30. The zero-order valence-electron chi connectivity index (χ0n) is 11.2. The van der Waals surface area contributed by atoms with Crippen LogP contribution < -0.4 is 5.32 Å². The van der Waals surface area contributed by atoms with Crippen molar-refractivity contribution in [1.82, 2.24) is 4.90 Å². The Morgan fingerprint density at radius 1 is 1.43 bits per heavy atom. The fourth-order valence-electron chi connectivity index (χ4n) is 2.09. The van der Waals surface area contributed by atoms with Crippen LogP contribution in [-0.4, -0.2) is 16.1 Å². The van der Waals surface area contributed by atoms with E-state index in [0.717, 1.165) is 19.4 Å². The van der Waals surface area contributed by atoms with Crippen LogP contribution >= 0.6 is 35.2 Å². The molecule has 21 heavy (non-hydrogen) atoms. The van der Waals surface area contributed by atoms with Crippen LogP contribution in [0.4, 0.5) is 10.1 Å². The number of anilines is 1. The summed E-state index contributed by atoms with van der Waals surface area (Å²) in [5.74, 6) is -0.425. The summed E-state index contributed by atoms with van der Waals surface area (Å²) in [6.07, 6.45) is 2.33. The number of thiocarbonyl (C=S) groups is 1. The first-order chi connectivity index (χ1) is 10.1. The van der Waals surface area contributed by atoms with E-state index in [9.17, 15) is 4.39 Å². The van der Waals surface area contributed by atoms with E-state index >= 15 is 0 Å². The molecule has 1 aliphatic carbocycles. The van der Waals surface area contributed by atoms with Crippen LogP contribution in [0.25, 0.3) is 0 Å². The first-order valence-electron chi connectivity index (χ1n) is 6.68. The molecule has 1 fully saturated rings. The molecule has 0 amide bonds. The smallest absolute Gasteiger partial charge is 0.174 e. The van der Waals surface area contributed by atoms with E-state index in [1.807, 2.05) is 6.07 Å². The Kier molecular flexibility index (Phi) is 4.42. The second kappa shape index (κ2) is 6.30. The average Bonchev–Trinajstić information content (AvgIpc) is 3.16. The molecular formula is C15H14ClFN2S2. The van der Waals surface area contributed by atoms with E-state index in [0.29, 0.717) is 16.8 Å². The molecular weight excluding hydrogens is 327 g/mol. The van der Waals surface area contributed by atoms with E-state index in [1.54, 1.807) is 23.5 Å². The van der Waals surface area contributed by atoms with E-state index in [-0.39, 0.29) is 5.02 Å². The fraction of sp³-hybridized carbons (Fsp3) is 0.267. The highest BCUT2D eigenvalue weighted by Gasteiger charge is 2.31. The quantitative estimate of drug-likeness (QED) is 0.797. The van der Waals surface area contributed by atoms with Crippen molar-refractivity contribution in [3.63, 3.8) is 0 Å². The van der Waals surface area contributed by atoms with Gasteiger partial charge in [0.2, 0.25) is 0 Å². The molecule has 2 nitrogen and oxygen atoms in total. The van der Waals surface area contributed by atoms with Crippen molar-refractivity contribution in [1.29, 1.82) is 0 Å². The maximum absolute atomic E-state index is 13.2. The summed E-state index contributed by atoms with van der Waals surface area (Å²) in [5.41, 5.74) is 0.711. The summed E-state index contributed by atoms with van der Waals surface area (Å²) in [6.45, 7) is 0.809. The third-order valence-corrected chi connectivity index (χ3v) is 4.81. The number of nitrogens with zero attached hydrogens (tertiary/aromatic N) is 1. The maximum Gasteiger partial charge on any atom is 0.174 e. The molecule has 0 aliphatic heterocycles. The summed E-state index contributed by atoms with van der Waals surface area (Å²) in [6, 6.07) is 9.19. The SMILES string of the molecule is Fc1ccc(NC(=S)N(Cc2cccs2)C2CC2)cc1Cl. The van der Waals surface area contributed by atoms with Gasteiger partial charge in [-0.15, -0.1) is 11.3 Å². The first kappa shape index (κ1) is 14.8. The lowest BCUT2D eigenvalue weighted by Gasteiger charge is -2.25. The first-order valence-corrected chi connectivity index (χ1v) is 8.35. The Hall–Kier alpha value is -1.17. The van der Waals surface area contributed by atoms with Crippen molar-refractivity contribution in [3.8, 4) is 0 Å². The van der Waals surface area contributed by atoms with Crippen molar-refractivity contribution in [3.05, 3.63) is 51.4 Å². The fourth-order valence-corrected chi connectivity index (χ4v) is 3.31. The molecule has 1 aromatic carbocycles. The van der Waals surface area contributed by atoms with Gasteiger partial charge in [0.05, 0.1) is 11.6 Å². The number of rotatable bonds is 4. The molecule has 3 rings (SSSR count). The van der Waals surface area contributed by atoms with Crippen LogP contribution in [-0.2, 0) is 6.54 Å². The van der Waals surface area contributed by atoms with Crippen molar-refractivity contribution in [2.24, 2.45) is 0 Å². The summed E-state index contributed by atoms with van der Waals surface area (Å²) < 4.78 is 13.2. The number of nitrogens with one attached hydrogen (secondary N) is 1. The Morgan fingerprint density at radius 3 is 2.86 bits per heavy atom. The van der Waals surface area contributed by atoms with Gasteiger partial charge in [-0.2, -0.15) is 0 Å². The normalized spacial score (nSPS) is 14.0. The lowest BCUT2D eigenvalue weighted by molar-refractivity contribution is 0.413. The van der Waals surface area contributed by atoms with Crippen LogP contribution in [0.1, 0.15) is 17.7 Å². The maximum atomic E-state index is 13.2. The van der Waals surface area contributed by atoms with Gasteiger partial charge in [-0.05, 0) is 54.7 Å². The third-order valence-electron chi connectivity index (χ3n) is 3.33. The topological polar surface area (TPSA) is 15.3 Å². The molecule has 110 valence electrons. The van der Waals surface area contributed by atoms with Gasteiger partial charge in [-0.3, -0.25) is 0 Å². The van der Waals surface area contributed by atoms with Gasteiger partial charge in [-0.25, -0.2) is 4.39 Å². The standard InChI is InChI=1S/C15H14ClFN2S2/c16-13-8-10(3-6-14(13)17)18-15(20)19(11-4-5-11)9-12-2-1-7-21-12/h1-3,6-8,11H,4-5,9H2,(H,18,20). The van der Waals surface area contributed by atoms with E-state index in [2.05, 4.69) is 21.7 Å². The van der Waals surface area contributed by atoms with Crippen molar-refractivity contribution in [2.75, 3.05) is 5.32 Å². The zero-order valence-corrected chi connectivity index (χ0v) is 13.6. The second-order valence-corrected chi connectivity index (χ2v) is 6.82. The highest BCUT2D eigenvalue weighted by atomic mass is 35.5. The zero-order chi connectivity index (χ0) is 14.8. The van der Waals surface area contributed by atoms with Gasteiger partial charge < -0.3 is 10.2 Å². The Labute approximate surface area is 137 Å². The van der Waals surface area contributed by atoms with Crippen LogP contribution in [0, 0.1) is 5.82 Å². The lowest BCUT2D eigenvalue weighted by Crippen LogP contribution is -2.35. The molecule has 1 heterocycles. The number of hydrogen-bond donors (Lipinski definition) is 1. The van der Waals surface area contributed by atoms with Gasteiger partial charge in [0.15, 0.2) is 5.11 Å². The molecule has 0 spiro atoms. The van der Waals surface area contributed by atoms with Gasteiger partial charge in [0.1, 0.15) is 5.82 Å². The summed E-state index contributed by atoms with van der Waals surface area (Å²) in [5, 5.41) is 5.98. The van der Waals surface area contributed by atoms with E-state index in [1.165, 1.54) is 10.9 Å². The molecule has 0 bridgehead atoms. The van der Waals surface area contributed by atoms with Crippen LogP contribution in [0.2, 0.25) is 5.02 Å². The largest absolute Gasteiger partial charge is 0.341 e. The molecule has 0 saturated heterocycles. The number of benzene rings is 1. The predicted octanol–water partition coefficient (Wildman–Crippen LogP) is 4.90. The summed E-state index contributed by atoms with van der Waals surface area (Å²) in [7, 11) is 0. The minimum absolute atomic E-state index is 0.0963. The second-order valence-electron chi connectivity index (χ2n) is 5.00. The molecule has 1 N–H and O–H groups in total. The molecule has 2 aromatic rings. The molecule has 0 radical (unpaired) electrons. The van der Waals surface area contributed by atoms with Crippen molar-refractivity contribution >= 4 is 46.0 Å². The van der Waals surface area contributed by atoms with Gasteiger partial charge in [-0.1, -0.05) is 17.7 Å². The monoisotopic (exact) mass is 340 g/mol. The minimum atomic E-state index is -0.425. The van der Waals surface area contributed by atoms with E-state index < -0.39 is 5.82 Å². The van der Waals surface area contributed by atoms with Gasteiger partial charge >= 0.3 is 0 Å². The number of thiophene rings is 1. The molecule has 0 unspecified atom stereocenters. The Balaban J connectivity index is 1.70. The van der Waals surface area contributed by atoms with Crippen LogP contribution in [0.5, 0.6) is 0 Å². The summed E-state index contributed by atoms with van der Waals surface area (Å²) in [4.78, 5) is 3.47. The molecule has 1 aromatic heterocycles. The number of halogens is 2. The van der Waals surface area contributed by atoms with Crippen LogP contribution in [0.3, 0.4) is 0 Å². The minimum Gasteiger partial charge on any atom is -0.341 e. The van der Waals surface area contributed by atoms with Gasteiger partial charge in [0.25, 0.3) is 0 Å². The van der Waals surface area contributed by atoms with Crippen LogP contribution in [0.15, 0.2) is 35.7 Å². The molecule has 6 heteroatoms. The lowest BCUT2D eigenvalue weighted by atomic mass is 10.3. The Morgan fingerprint density at radius 2 is 2.24 bits per heavy atom.